The van der Waals surface area contributed by atoms with Gasteiger partial charge in [0.25, 0.3) is 0 Å². The predicted octanol–water partition coefficient (Wildman–Crippen LogP) is 6.27. The molecule has 2 aromatic rings. The van der Waals surface area contributed by atoms with Gasteiger partial charge in [-0.15, -0.1) is 0 Å². The topological polar surface area (TPSA) is 61.1 Å². The maximum absolute atomic E-state index is 10.7. The summed E-state index contributed by atoms with van der Waals surface area (Å²) in [5.74, 6) is -0.725. The number of hydrogen-bond donors (Lipinski definition) is 1. The van der Waals surface area contributed by atoms with Crippen molar-refractivity contribution < 1.29 is 9.90 Å². The summed E-state index contributed by atoms with van der Waals surface area (Å²) < 4.78 is 0. The van der Waals surface area contributed by atoms with E-state index in [2.05, 4.69) is 32.0 Å². The maximum Gasteiger partial charge on any atom is 0.328 e. The Morgan fingerprint density at radius 2 is 1.85 bits per heavy atom. The normalized spacial score (nSPS) is 13.2. The Kier molecular flexibility index (Phi) is 7.82. The van der Waals surface area contributed by atoms with Gasteiger partial charge in [0.1, 0.15) is 0 Å². The first-order valence-corrected chi connectivity index (χ1v) is 9.60. The third-order valence-electron chi connectivity index (χ3n) is 5.00. The number of rotatable bonds is 9. The lowest BCUT2D eigenvalue weighted by Gasteiger charge is -2.23. The Hall–Kier alpha value is -2.86. The first-order chi connectivity index (χ1) is 13.1. The molecule has 1 N–H and O–H groups in total. The van der Waals surface area contributed by atoms with Gasteiger partial charge in [-0.25, -0.2) is 4.79 Å². The zero-order valence-electron chi connectivity index (χ0n) is 16.1. The van der Waals surface area contributed by atoms with Gasteiger partial charge >= 0.3 is 5.97 Å². The van der Waals surface area contributed by atoms with E-state index in [4.69, 9.17) is 5.11 Å². The summed E-state index contributed by atoms with van der Waals surface area (Å²) in [7, 11) is 0. The lowest BCUT2D eigenvalue weighted by atomic mass is 9.79. The fraction of sp³-hybridized carbons (Fsp3) is 0.333. The van der Waals surface area contributed by atoms with E-state index in [1.165, 1.54) is 0 Å². The van der Waals surface area contributed by atoms with Gasteiger partial charge in [0.15, 0.2) is 0 Å². The Balaban J connectivity index is 2.36. The third-order valence-corrected chi connectivity index (χ3v) is 5.00. The molecule has 0 amide bonds. The molecule has 0 fully saturated rings. The van der Waals surface area contributed by atoms with E-state index in [0.717, 1.165) is 54.0 Å². The van der Waals surface area contributed by atoms with Gasteiger partial charge in [-0.2, -0.15) is 5.26 Å². The second-order valence-electron chi connectivity index (χ2n) is 6.80. The Bertz CT molecular complexity index is 815. The molecule has 27 heavy (non-hydrogen) atoms. The summed E-state index contributed by atoms with van der Waals surface area (Å²) in [5, 5.41) is 18.7. The molecule has 3 nitrogen and oxygen atoms in total. The van der Waals surface area contributed by atoms with Crippen molar-refractivity contribution in [1.82, 2.24) is 0 Å². The fourth-order valence-electron chi connectivity index (χ4n) is 3.47. The summed E-state index contributed by atoms with van der Waals surface area (Å²) >= 11 is 0. The highest BCUT2D eigenvalue weighted by molar-refractivity contribution is 5.85. The molecule has 140 valence electrons. The molecule has 0 radical (unpaired) electrons. The van der Waals surface area contributed by atoms with Crippen molar-refractivity contribution >= 4 is 12.0 Å². The summed E-state index contributed by atoms with van der Waals surface area (Å²) in [5.41, 5.74) is 4.04. The average molecular weight is 361 g/mol. The summed E-state index contributed by atoms with van der Waals surface area (Å²) in [4.78, 5) is 10.7. The number of hydrogen-bond acceptors (Lipinski definition) is 2. The lowest BCUT2D eigenvalue weighted by Crippen LogP contribution is -2.12. The number of aliphatic carboxylic acids is 1. The number of carboxylic acid groups (broad SMARTS) is 1. The minimum absolute atomic E-state index is 0.121. The number of unbranched alkanes of at least 4 members (excludes halogenated alkanes) is 1. The Morgan fingerprint density at radius 3 is 2.44 bits per heavy atom. The molecule has 2 unspecified atom stereocenters. The van der Waals surface area contributed by atoms with E-state index < -0.39 is 5.97 Å². The summed E-state index contributed by atoms with van der Waals surface area (Å²) in [6, 6.07) is 18.5. The molecule has 0 aliphatic carbocycles. The summed E-state index contributed by atoms with van der Waals surface area (Å²) in [6.45, 7) is 4.35. The first kappa shape index (κ1) is 20.5. The van der Waals surface area contributed by atoms with Gasteiger partial charge in [-0.1, -0.05) is 81.6 Å². The molecule has 0 aliphatic heterocycles. The monoisotopic (exact) mass is 361 g/mol. The van der Waals surface area contributed by atoms with E-state index in [9.17, 15) is 10.1 Å². The highest BCUT2D eigenvalue weighted by Gasteiger charge is 2.23. The van der Waals surface area contributed by atoms with Crippen molar-refractivity contribution in [3.8, 4) is 17.2 Å². The molecule has 0 heterocycles. The number of carbonyl (C=O) groups is 1. The number of carboxylic acids is 1. The Labute approximate surface area is 162 Å². The zero-order valence-corrected chi connectivity index (χ0v) is 16.1. The lowest BCUT2D eigenvalue weighted by molar-refractivity contribution is -0.131. The minimum atomic E-state index is -0.959. The second kappa shape index (κ2) is 10.3. The largest absolute Gasteiger partial charge is 0.478 e. The van der Waals surface area contributed by atoms with Gasteiger partial charge in [-0.05, 0) is 40.7 Å². The van der Waals surface area contributed by atoms with E-state index in [0.29, 0.717) is 5.92 Å². The van der Waals surface area contributed by atoms with Gasteiger partial charge in [0.05, 0.1) is 12.0 Å². The van der Waals surface area contributed by atoms with Crippen LogP contribution in [-0.2, 0) is 4.79 Å². The van der Waals surface area contributed by atoms with Crippen LogP contribution < -0.4 is 0 Å². The van der Waals surface area contributed by atoms with Crippen LogP contribution in [0.3, 0.4) is 0 Å². The highest BCUT2D eigenvalue weighted by atomic mass is 16.4. The molecule has 0 aromatic heterocycles. The molecular formula is C24H27NO2. The number of benzene rings is 2. The van der Waals surface area contributed by atoms with E-state index in [1.807, 2.05) is 36.4 Å². The minimum Gasteiger partial charge on any atom is -0.478 e. The second-order valence-corrected chi connectivity index (χ2v) is 6.80. The van der Waals surface area contributed by atoms with Crippen LogP contribution in [0.1, 0.15) is 56.6 Å². The van der Waals surface area contributed by atoms with Crippen molar-refractivity contribution in [3.05, 3.63) is 65.7 Å². The molecule has 0 aliphatic rings. The molecule has 0 saturated heterocycles. The smallest absolute Gasteiger partial charge is 0.328 e. The van der Waals surface area contributed by atoms with Crippen LogP contribution in [0.5, 0.6) is 0 Å². The van der Waals surface area contributed by atoms with Crippen LogP contribution in [-0.4, -0.2) is 11.1 Å². The highest BCUT2D eigenvalue weighted by Crippen LogP contribution is 2.36. The molecule has 0 saturated carbocycles. The molecular weight excluding hydrogens is 334 g/mol. The van der Waals surface area contributed by atoms with Gasteiger partial charge in [0.2, 0.25) is 0 Å². The van der Waals surface area contributed by atoms with E-state index >= 15 is 0 Å². The molecule has 2 rings (SSSR count). The molecule has 2 aromatic carbocycles. The van der Waals surface area contributed by atoms with Gasteiger partial charge in [-0.3, -0.25) is 0 Å². The van der Waals surface area contributed by atoms with Crippen LogP contribution in [0.25, 0.3) is 17.2 Å². The first-order valence-electron chi connectivity index (χ1n) is 9.60. The van der Waals surface area contributed by atoms with Crippen LogP contribution in [0.2, 0.25) is 0 Å². The predicted molar refractivity (Wildman–Crippen MR) is 110 cm³/mol. The third kappa shape index (κ3) is 5.56. The SMILES string of the molecule is CCCCC(CC)C(C#N)c1ccccc1-c1ccc(C=CC(=O)O)cc1. The molecule has 2 atom stereocenters. The molecule has 3 heteroatoms. The molecule has 0 bridgehead atoms. The van der Waals surface area contributed by atoms with Crippen LogP contribution in [0, 0.1) is 17.2 Å². The maximum atomic E-state index is 10.7. The number of nitrogens with zero attached hydrogens (tertiary/aromatic N) is 1. The van der Waals surface area contributed by atoms with Crippen LogP contribution in [0.15, 0.2) is 54.6 Å². The van der Waals surface area contributed by atoms with Crippen molar-refractivity contribution in [1.29, 1.82) is 5.26 Å². The Morgan fingerprint density at radius 1 is 1.15 bits per heavy atom. The standard InChI is InChI=1S/C24H27NO2/c1-3-5-8-19(4-2)23(17-25)22-10-7-6-9-21(22)20-14-11-18(12-15-20)13-16-24(26)27/h6-7,9-16,19,23H,3-5,8H2,1-2H3,(H,26,27). The molecule has 0 spiro atoms. The van der Waals surface area contributed by atoms with Crippen LogP contribution >= 0.6 is 0 Å². The van der Waals surface area contributed by atoms with Crippen molar-refractivity contribution in [2.45, 2.75) is 45.4 Å². The average Bonchev–Trinajstić information content (AvgIpc) is 2.70. The van der Waals surface area contributed by atoms with E-state index in [-0.39, 0.29) is 5.92 Å². The van der Waals surface area contributed by atoms with Crippen LogP contribution in [0.4, 0.5) is 0 Å². The van der Waals surface area contributed by atoms with Gasteiger partial charge < -0.3 is 5.11 Å². The zero-order chi connectivity index (χ0) is 19.6. The van der Waals surface area contributed by atoms with Crippen molar-refractivity contribution in [2.24, 2.45) is 5.92 Å². The fourth-order valence-corrected chi connectivity index (χ4v) is 3.47. The number of nitriles is 1. The quantitative estimate of drug-likeness (QED) is 0.535. The van der Waals surface area contributed by atoms with E-state index in [1.54, 1.807) is 6.08 Å². The van der Waals surface area contributed by atoms with Gasteiger partial charge in [0, 0.05) is 6.08 Å². The summed E-state index contributed by atoms with van der Waals surface area (Å²) in [6.07, 6.45) is 7.05. The van der Waals surface area contributed by atoms with Crippen molar-refractivity contribution in [3.63, 3.8) is 0 Å². The van der Waals surface area contributed by atoms with Crippen molar-refractivity contribution in [2.75, 3.05) is 0 Å².